The molecule has 0 radical (unpaired) electrons. The highest BCUT2D eigenvalue weighted by Crippen LogP contribution is 2.42. The van der Waals surface area contributed by atoms with Crippen molar-refractivity contribution < 1.29 is 0 Å². The second-order valence-corrected chi connectivity index (χ2v) is 25.2. The topological polar surface area (TPSA) is 72.3 Å². The van der Waals surface area contributed by atoms with E-state index in [1.807, 2.05) is 12.4 Å². The number of para-hydroxylation sites is 1. The van der Waals surface area contributed by atoms with Gasteiger partial charge >= 0.3 is 0 Å². The number of fused-ring (bicyclic) bond motifs is 6. The van der Waals surface area contributed by atoms with Gasteiger partial charge in [0, 0.05) is 56.1 Å². The molecule has 0 atom stereocenters. The number of nitrogens with one attached hydrogen (secondary N) is 1. The Balaban J connectivity index is 0.849. The predicted octanol–water partition coefficient (Wildman–Crippen LogP) is 24.0. The van der Waals surface area contributed by atoms with E-state index in [2.05, 4.69) is 355 Å². The summed E-state index contributed by atoms with van der Waals surface area (Å²) in [4.78, 5) is 25.5. The first-order valence-electron chi connectivity index (χ1n) is 33.2. The van der Waals surface area contributed by atoms with Crippen molar-refractivity contribution in [1.82, 2.24) is 29.5 Å². The van der Waals surface area contributed by atoms with Crippen molar-refractivity contribution in [1.29, 1.82) is 0 Å². The standard InChI is InChI=1S/C92H60N6/c1-7-23-60(24-8-1)70-45-71(61-25-9-2-10-26-61)48-76(47-70)66-35-21-37-68(43-66)78-51-74(64-31-15-5-16-32-64)53-80(55-78)90-95-91(97-92(96-90)98-88-41-42-93-59-85(88)84-57-83-82-39-19-20-40-86(82)94-87(83)58-89(84)98)81-54-75(65-33-17-6-18-34-65)52-79(56-81)69-38-22-36-67(44-69)77-49-72(62-27-11-3-12-28-62)46-73(50-77)63-29-13-4-14-30-63/h1-59,94H. The summed E-state index contributed by atoms with van der Waals surface area (Å²) in [6, 6.07) is 124. The van der Waals surface area contributed by atoms with Crippen LogP contribution in [0.1, 0.15) is 0 Å². The lowest BCUT2D eigenvalue weighted by Gasteiger charge is -2.16. The van der Waals surface area contributed by atoms with Gasteiger partial charge in [0.1, 0.15) is 0 Å². The first-order valence-corrected chi connectivity index (χ1v) is 33.2. The van der Waals surface area contributed by atoms with Crippen LogP contribution in [0, 0.1) is 0 Å². The smallest absolute Gasteiger partial charge is 0.238 e. The Morgan fingerprint density at radius 2 is 0.520 bits per heavy atom. The average Bonchev–Trinajstić information content (AvgIpc) is 1.64. The zero-order chi connectivity index (χ0) is 64.9. The first-order chi connectivity index (χ1) is 48.5. The molecule has 0 unspecified atom stereocenters. The number of H-pyrrole nitrogens is 1. The van der Waals surface area contributed by atoms with Crippen molar-refractivity contribution in [2.45, 2.75) is 0 Å². The number of nitrogens with zero attached hydrogens (tertiary/aromatic N) is 5. The second kappa shape index (κ2) is 24.6. The Bertz CT molecular complexity index is 5630. The van der Waals surface area contributed by atoms with E-state index in [-0.39, 0.29) is 0 Å². The number of pyridine rings is 1. The molecule has 0 bridgehead atoms. The zero-order valence-electron chi connectivity index (χ0n) is 53.3. The van der Waals surface area contributed by atoms with Gasteiger partial charge in [-0.25, -0.2) is 4.98 Å². The molecular formula is C92H60N6. The van der Waals surface area contributed by atoms with Crippen LogP contribution in [0.15, 0.2) is 358 Å². The Labute approximate surface area is 567 Å². The van der Waals surface area contributed by atoms with Crippen LogP contribution in [0.2, 0.25) is 0 Å². The van der Waals surface area contributed by atoms with Crippen molar-refractivity contribution in [3.8, 4) is 140 Å². The minimum absolute atomic E-state index is 0.481. The molecule has 98 heavy (non-hydrogen) atoms. The van der Waals surface area contributed by atoms with Crippen LogP contribution in [-0.2, 0) is 0 Å². The molecule has 0 saturated heterocycles. The maximum Gasteiger partial charge on any atom is 0.238 e. The van der Waals surface area contributed by atoms with Crippen LogP contribution >= 0.6 is 0 Å². The van der Waals surface area contributed by atoms with Crippen LogP contribution in [0.4, 0.5) is 0 Å². The lowest BCUT2D eigenvalue weighted by Crippen LogP contribution is -2.07. The summed E-state index contributed by atoms with van der Waals surface area (Å²) >= 11 is 0. The minimum atomic E-state index is 0.481. The number of aromatic amines is 1. The molecule has 0 aliphatic rings. The molecule has 0 aliphatic carbocycles. The number of benzene rings is 14. The number of aromatic nitrogens is 6. The van der Waals surface area contributed by atoms with E-state index >= 15 is 0 Å². The fourth-order valence-electron chi connectivity index (χ4n) is 14.1. The third-order valence-electron chi connectivity index (χ3n) is 19.0. The van der Waals surface area contributed by atoms with Crippen molar-refractivity contribution in [2.75, 3.05) is 0 Å². The van der Waals surface area contributed by atoms with Crippen LogP contribution < -0.4 is 0 Å². The maximum atomic E-state index is 5.69. The molecule has 4 heterocycles. The summed E-state index contributed by atoms with van der Waals surface area (Å²) in [5.74, 6) is 1.54. The van der Waals surface area contributed by atoms with Gasteiger partial charge in [0.25, 0.3) is 0 Å². The Kier molecular flexibility index (Phi) is 14.5. The quantitative estimate of drug-likeness (QED) is 0.125. The van der Waals surface area contributed by atoms with Gasteiger partial charge in [0.15, 0.2) is 11.6 Å². The first kappa shape index (κ1) is 57.5. The monoisotopic (exact) mass is 1250 g/mol. The highest BCUT2D eigenvalue weighted by Gasteiger charge is 2.23. The van der Waals surface area contributed by atoms with Crippen molar-refractivity contribution in [3.63, 3.8) is 0 Å². The van der Waals surface area contributed by atoms with Gasteiger partial charge in [-0.15, -0.1) is 0 Å². The number of hydrogen-bond acceptors (Lipinski definition) is 4. The van der Waals surface area contributed by atoms with E-state index in [1.165, 1.54) is 22.3 Å². The van der Waals surface area contributed by atoms with E-state index in [4.69, 9.17) is 19.9 Å². The van der Waals surface area contributed by atoms with Gasteiger partial charge in [0.05, 0.1) is 11.0 Å². The molecule has 0 saturated carbocycles. The Hall–Kier alpha value is -13.2. The van der Waals surface area contributed by atoms with Crippen LogP contribution in [0.25, 0.3) is 184 Å². The highest BCUT2D eigenvalue weighted by molar-refractivity contribution is 6.18. The van der Waals surface area contributed by atoms with Crippen molar-refractivity contribution in [3.05, 3.63) is 358 Å². The van der Waals surface area contributed by atoms with E-state index in [9.17, 15) is 0 Å². The van der Waals surface area contributed by atoms with E-state index in [0.29, 0.717) is 17.6 Å². The summed E-state index contributed by atoms with van der Waals surface area (Å²) in [6.07, 6.45) is 3.82. The summed E-state index contributed by atoms with van der Waals surface area (Å²) in [5, 5.41) is 4.34. The van der Waals surface area contributed by atoms with Gasteiger partial charge in [-0.2, -0.15) is 9.97 Å². The summed E-state index contributed by atoms with van der Waals surface area (Å²) in [6.45, 7) is 0. The summed E-state index contributed by atoms with van der Waals surface area (Å²) < 4.78 is 2.20. The van der Waals surface area contributed by atoms with Gasteiger partial charge in [0.2, 0.25) is 5.95 Å². The zero-order valence-corrected chi connectivity index (χ0v) is 53.3. The fraction of sp³-hybridized carbons (Fsp3) is 0. The Morgan fingerprint density at radius 1 is 0.204 bits per heavy atom. The molecule has 18 rings (SSSR count). The molecular weight excluding hydrogens is 1190 g/mol. The summed E-state index contributed by atoms with van der Waals surface area (Å²) in [7, 11) is 0. The van der Waals surface area contributed by atoms with E-state index in [0.717, 1.165) is 144 Å². The predicted molar refractivity (Wildman–Crippen MR) is 407 cm³/mol. The molecule has 4 aromatic heterocycles. The normalized spacial score (nSPS) is 11.5. The summed E-state index contributed by atoms with van der Waals surface area (Å²) in [5.41, 5.74) is 27.8. The average molecular weight is 1250 g/mol. The fourth-order valence-corrected chi connectivity index (χ4v) is 14.1. The molecule has 6 heteroatoms. The molecule has 18 aromatic rings. The van der Waals surface area contributed by atoms with Crippen LogP contribution in [0.3, 0.4) is 0 Å². The minimum Gasteiger partial charge on any atom is -0.354 e. The third kappa shape index (κ3) is 11.0. The molecule has 6 nitrogen and oxygen atoms in total. The SMILES string of the molecule is c1ccc(-c2cc(-c3ccccc3)cc(-c3cccc(-c4cc(-c5ccccc5)cc(-c5nc(-c6cc(-c7ccccc7)cc(-c7cccc(-c8cc(-c9ccccc9)cc(-c9ccccc9)c8)c7)c6)nc(-n6c7ccncc7c7cc8c(cc76)[nH]c6ccccc68)n5)c4)c3)c2)cc1. The molecule has 1 N–H and O–H groups in total. The molecule has 458 valence electrons. The third-order valence-corrected chi connectivity index (χ3v) is 19.0. The van der Waals surface area contributed by atoms with Crippen LogP contribution in [0.5, 0.6) is 0 Å². The molecule has 0 aliphatic heterocycles. The maximum absolute atomic E-state index is 5.69. The van der Waals surface area contributed by atoms with Crippen LogP contribution in [-0.4, -0.2) is 29.5 Å². The molecule has 0 amide bonds. The van der Waals surface area contributed by atoms with Gasteiger partial charge < -0.3 is 4.98 Å². The molecule has 0 fully saturated rings. The largest absolute Gasteiger partial charge is 0.354 e. The van der Waals surface area contributed by atoms with Gasteiger partial charge in [-0.05, 0) is 220 Å². The van der Waals surface area contributed by atoms with Gasteiger partial charge in [-0.3, -0.25) is 9.55 Å². The molecule has 14 aromatic carbocycles. The lowest BCUT2D eigenvalue weighted by atomic mass is 9.91. The van der Waals surface area contributed by atoms with Crippen molar-refractivity contribution in [2.24, 2.45) is 0 Å². The van der Waals surface area contributed by atoms with E-state index < -0.39 is 0 Å². The second-order valence-electron chi connectivity index (χ2n) is 25.2. The van der Waals surface area contributed by atoms with Gasteiger partial charge in [-0.1, -0.05) is 237 Å². The lowest BCUT2D eigenvalue weighted by molar-refractivity contribution is 0.953. The number of rotatable bonds is 13. The van der Waals surface area contributed by atoms with Crippen molar-refractivity contribution >= 4 is 43.6 Å². The highest BCUT2D eigenvalue weighted by atomic mass is 15.2. The number of hydrogen-bond donors (Lipinski definition) is 1. The Morgan fingerprint density at radius 3 is 0.898 bits per heavy atom. The molecule has 0 spiro atoms. The van der Waals surface area contributed by atoms with E-state index in [1.54, 1.807) is 0 Å².